The molecule has 1 fully saturated rings. The lowest BCUT2D eigenvalue weighted by atomic mass is 9.89. The van der Waals surface area contributed by atoms with E-state index in [2.05, 4.69) is 5.32 Å². The van der Waals surface area contributed by atoms with Crippen LogP contribution in [0.1, 0.15) is 100 Å². The fourth-order valence-electron chi connectivity index (χ4n) is 7.50. The van der Waals surface area contributed by atoms with Crippen molar-refractivity contribution in [1.82, 2.24) is 20.0 Å². The number of nitrogens with zero attached hydrogens (tertiary/aromatic N) is 3. The fourth-order valence-corrected chi connectivity index (χ4v) is 7.50. The molecule has 1 N–H and O–H groups in total. The monoisotopic (exact) mass is 775 g/mol. The van der Waals surface area contributed by atoms with Gasteiger partial charge in [-0.25, -0.2) is 4.79 Å². The Hall–Kier alpha value is -3.71. The SMILES string of the molecule is CC[C@H](C)[C@@H]([C@@H](CC(=O)N1CCC[C@H]1[C@H](OC)[C@@H](C)C(=O)OCc1ccccc1)OC)N(C)C(=O)[C@@H](NC(=O)[C@H](C(C)C)N(C)C(=O)OC(C)(C)C)C(C)C. The van der Waals surface area contributed by atoms with Crippen LogP contribution in [-0.4, -0.2) is 121 Å². The quantitative estimate of drug-likeness (QED) is 0.176. The molecule has 2 rings (SSSR count). The van der Waals surface area contributed by atoms with Crippen molar-refractivity contribution in [2.45, 2.75) is 144 Å². The highest BCUT2D eigenvalue weighted by atomic mass is 16.6. The molecule has 1 heterocycles. The van der Waals surface area contributed by atoms with Gasteiger partial charge in [0.05, 0.1) is 36.6 Å². The number of likely N-dealkylation sites (N-methyl/N-ethyl adjacent to an activating group) is 2. The van der Waals surface area contributed by atoms with Gasteiger partial charge < -0.3 is 34.1 Å². The number of methoxy groups -OCH3 is 2. The van der Waals surface area contributed by atoms with Crippen LogP contribution >= 0.6 is 0 Å². The number of rotatable bonds is 19. The molecule has 55 heavy (non-hydrogen) atoms. The predicted molar refractivity (Wildman–Crippen MR) is 212 cm³/mol. The molecule has 0 radical (unpaired) electrons. The number of amides is 4. The fraction of sp³-hybridized carbons (Fsp3) is 0.738. The first-order valence-electron chi connectivity index (χ1n) is 19.8. The van der Waals surface area contributed by atoms with Crippen LogP contribution in [0, 0.1) is 23.7 Å². The van der Waals surface area contributed by atoms with Gasteiger partial charge in [0.1, 0.15) is 24.3 Å². The summed E-state index contributed by atoms with van der Waals surface area (Å²) in [4.78, 5) is 73.1. The molecule has 1 aliphatic rings. The summed E-state index contributed by atoms with van der Waals surface area (Å²) >= 11 is 0. The Morgan fingerprint density at radius 1 is 0.909 bits per heavy atom. The zero-order chi connectivity index (χ0) is 41.8. The molecule has 4 amide bonds. The van der Waals surface area contributed by atoms with Gasteiger partial charge in [-0.15, -0.1) is 0 Å². The molecule has 1 aromatic rings. The molecule has 0 unspecified atom stereocenters. The molecule has 1 aromatic carbocycles. The number of ether oxygens (including phenoxy) is 4. The summed E-state index contributed by atoms with van der Waals surface area (Å²) in [6.45, 7) is 19.1. The van der Waals surface area contributed by atoms with Gasteiger partial charge in [-0.05, 0) is 63.9 Å². The second-order valence-electron chi connectivity index (χ2n) is 16.7. The maximum atomic E-state index is 14.4. The smallest absolute Gasteiger partial charge is 0.410 e. The molecule has 13 heteroatoms. The molecule has 0 aromatic heterocycles. The van der Waals surface area contributed by atoms with Crippen molar-refractivity contribution >= 4 is 29.8 Å². The summed E-state index contributed by atoms with van der Waals surface area (Å²) in [5, 5.41) is 2.95. The number of nitrogens with one attached hydrogen (secondary N) is 1. The zero-order valence-electron chi connectivity index (χ0n) is 35.9. The topological polar surface area (TPSA) is 144 Å². The van der Waals surface area contributed by atoms with E-state index in [-0.39, 0.29) is 48.6 Å². The average molecular weight is 775 g/mol. The molecule has 1 saturated heterocycles. The van der Waals surface area contributed by atoms with Crippen LogP contribution in [-0.2, 0) is 44.7 Å². The summed E-state index contributed by atoms with van der Waals surface area (Å²) in [5.41, 5.74) is 0.135. The lowest BCUT2D eigenvalue weighted by molar-refractivity contribution is -0.158. The third-order valence-electron chi connectivity index (χ3n) is 10.7. The van der Waals surface area contributed by atoms with Gasteiger partial charge >= 0.3 is 12.1 Å². The summed E-state index contributed by atoms with van der Waals surface area (Å²) in [6, 6.07) is 6.79. The average Bonchev–Trinajstić information content (AvgIpc) is 3.61. The van der Waals surface area contributed by atoms with Gasteiger partial charge in [-0.1, -0.05) is 78.3 Å². The number of benzene rings is 1. The first-order valence-corrected chi connectivity index (χ1v) is 19.8. The number of hydrogen-bond acceptors (Lipinski definition) is 9. The Kier molecular flexibility index (Phi) is 18.6. The number of carbonyl (C=O) groups is 5. The number of hydrogen-bond donors (Lipinski definition) is 1. The number of esters is 1. The molecular weight excluding hydrogens is 704 g/mol. The Morgan fingerprint density at radius 3 is 2.04 bits per heavy atom. The summed E-state index contributed by atoms with van der Waals surface area (Å²) in [7, 11) is 6.30. The van der Waals surface area contributed by atoms with E-state index in [1.54, 1.807) is 51.7 Å². The maximum absolute atomic E-state index is 14.4. The van der Waals surface area contributed by atoms with E-state index in [9.17, 15) is 24.0 Å². The number of likely N-dealkylation sites (tertiary alicyclic amines) is 1. The van der Waals surface area contributed by atoms with Crippen molar-refractivity contribution in [3.8, 4) is 0 Å². The highest BCUT2D eigenvalue weighted by Gasteiger charge is 2.44. The van der Waals surface area contributed by atoms with Crippen LogP contribution in [0.15, 0.2) is 30.3 Å². The Morgan fingerprint density at radius 2 is 1.53 bits per heavy atom. The van der Waals surface area contributed by atoms with Crippen LogP contribution in [0.3, 0.4) is 0 Å². The van der Waals surface area contributed by atoms with Gasteiger partial charge in [0, 0.05) is 34.9 Å². The minimum atomic E-state index is -0.917. The second kappa shape index (κ2) is 21.6. The van der Waals surface area contributed by atoms with Crippen LogP contribution in [0.4, 0.5) is 4.79 Å². The van der Waals surface area contributed by atoms with Gasteiger partial charge in [-0.3, -0.25) is 24.1 Å². The summed E-state index contributed by atoms with van der Waals surface area (Å²) in [5.74, 6) is -2.61. The van der Waals surface area contributed by atoms with E-state index in [1.807, 2.05) is 71.9 Å². The standard InChI is InChI=1S/C42H70N4O9/c1-15-28(6)36(44(11)39(49)34(26(2)3)43-38(48)35(27(4)5)45(12)41(51)55-42(8,9)10)32(52-13)24-33(47)46-23-19-22-31(46)37(53-14)29(7)40(50)54-25-30-20-17-16-18-21-30/h16-18,20-21,26-29,31-32,34-37H,15,19,22-25H2,1-14H3,(H,43,48)/t28-,29+,31-,32+,34-,35-,36-,37+/m0/s1. The third kappa shape index (κ3) is 13.2. The van der Waals surface area contributed by atoms with Gasteiger partial charge in [0.15, 0.2) is 0 Å². The zero-order valence-corrected chi connectivity index (χ0v) is 35.9. The van der Waals surface area contributed by atoms with Crippen LogP contribution in [0.2, 0.25) is 0 Å². The molecule has 312 valence electrons. The molecule has 0 bridgehead atoms. The van der Waals surface area contributed by atoms with E-state index in [4.69, 9.17) is 18.9 Å². The molecule has 0 spiro atoms. The molecule has 13 nitrogen and oxygen atoms in total. The Labute approximate surface area is 330 Å². The molecule has 1 aliphatic heterocycles. The van der Waals surface area contributed by atoms with Crippen molar-refractivity contribution in [3.63, 3.8) is 0 Å². The highest BCUT2D eigenvalue weighted by molar-refractivity contribution is 5.91. The second-order valence-corrected chi connectivity index (χ2v) is 16.7. The van der Waals surface area contributed by atoms with E-state index in [0.29, 0.717) is 19.4 Å². The van der Waals surface area contributed by atoms with E-state index in [0.717, 1.165) is 12.0 Å². The van der Waals surface area contributed by atoms with E-state index >= 15 is 0 Å². The molecular formula is C42H70N4O9. The molecule has 0 aliphatic carbocycles. The van der Waals surface area contributed by atoms with Gasteiger partial charge in [0.25, 0.3) is 0 Å². The number of carbonyl (C=O) groups excluding carboxylic acids is 5. The van der Waals surface area contributed by atoms with Crippen molar-refractivity contribution in [2.24, 2.45) is 23.7 Å². The molecule has 0 saturated carbocycles. The largest absolute Gasteiger partial charge is 0.461 e. The lowest BCUT2D eigenvalue weighted by Gasteiger charge is -2.41. The first kappa shape index (κ1) is 47.4. The van der Waals surface area contributed by atoms with Crippen LogP contribution in [0.5, 0.6) is 0 Å². The van der Waals surface area contributed by atoms with Crippen LogP contribution in [0.25, 0.3) is 0 Å². The summed E-state index contributed by atoms with van der Waals surface area (Å²) in [6.07, 6.45) is 0.237. The van der Waals surface area contributed by atoms with Crippen molar-refractivity contribution < 1.29 is 42.9 Å². The third-order valence-corrected chi connectivity index (χ3v) is 10.7. The van der Waals surface area contributed by atoms with E-state index in [1.165, 1.54) is 19.1 Å². The summed E-state index contributed by atoms with van der Waals surface area (Å²) < 4.78 is 23.0. The Bertz CT molecular complexity index is 1400. The molecule has 8 atom stereocenters. The van der Waals surface area contributed by atoms with E-state index < -0.39 is 59.8 Å². The first-order chi connectivity index (χ1) is 25.7. The van der Waals surface area contributed by atoms with Gasteiger partial charge in [0.2, 0.25) is 17.7 Å². The van der Waals surface area contributed by atoms with Gasteiger partial charge in [-0.2, -0.15) is 0 Å². The maximum Gasteiger partial charge on any atom is 0.410 e. The van der Waals surface area contributed by atoms with Crippen molar-refractivity contribution in [1.29, 1.82) is 0 Å². The predicted octanol–water partition coefficient (Wildman–Crippen LogP) is 5.68. The minimum Gasteiger partial charge on any atom is -0.461 e. The van der Waals surface area contributed by atoms with Crippen molar-refractivity contribution in [2.75, 3.05) is 34.9 Å². The lowest BCUT2D eigenvalue weighted by Crippen LogP contribution is -2.60. The highest BCUT2D eigenvalue weighted by Crippen LogP contribution is 2.30. The normalized spacial score (nSPS) is 18.5. The van der Waals surface area contributed by atoms with Crippen LogP contribution < -0.4 is 5.32 Å². The minimum absolute atomic E-state index is 0.00228. The Balaban J connectivity index is 2.28. The van der Waals surface area contributed by atoms with Crippen molar-refractivity contribution in [3.05, 3.63) is 35.9 Å².